The zero-order valence-corrected chi connectivity index (χ0v) is 19.0. The van der Waals surface area contributed by atoms with Crippen molar-refractivity contribution in [1.82, 2.24) is 14.8 Å². The van der Waals surface area contributed by atoms with E-state index in [0.717, 1.165) is 23.0 Å². The van der Waals surface area contributed by atoms with Crippen LogP contribution in [0.5, 0.6) is 5.75 Å². The molecule has 1 N–H and O–H groups in total. The normalized spacial score (nSPS) is 11.1. The minimum Gasteiger partial charge on any atom is -0.495 e. The summed E-state index contributed by atoms with van der Waals surface area (Å²) >= 11 is 3.13. The van der Waals surface area contributed by atoms with Crippen LogP contribution in [0.25, 0.3) is 11.4 Å². The first-order chi connectivity index (χ1) is 14.0. The number of carbonyl (C=O) groups is 1. The zero-order valence-electron chi connectivity index (χ0n) is 17.4. The van der Waals surface area contributed by atoms with Crippen molar-refractivity contribution in [3.63, 3.8) is 0 Å². The molecule has 0 aliphatic rings. The van der Waals surface area contributed by atoms with E-state index in [-0.39, 0.29) is 17.7 Å². The van der Waals surface area contributed by atoms with Crippen LogP contribution in [-0.2, 0) is 11.2 Å². The van der Waals surface area contributed by atoms with Crippen molar-refractivity contribution >= 4 is 34.7 Å². The molecule has 2 heterocycles. The molecule has 0 spiro atoms. The predicted molar refractivity (Wildman–Crippen MR) is 120 cm³/mol. The maximum atomic E-state index is 12.5. The molecular weight excluding hydrogens is 404 g/mol. The lowest BCUT2D eigenvalue weighted by Gasteiger charge is -2.14. The molecule has 8 heteroatoms. The summed E-state index contributed by atoms with van der Waals surface area (Å²) in [4.78, 5) is 13.8. The Hall–Kier alpha value is -2.32. The van der Waals surface area contributed by atoms with Gasteiger partial charge in [0.25, 0.3) is 0 Å². The van der Waals surface area contributed by atoms with Crippen molar-refractivity contribution in [1.29, 1.82) is 0 Å². The van der Waals surface area contributed by atoms with E-state index in [1.165, 1.54) is 22.2 Å². The number of benzene rings is 1. The molecule has 0 aliphatic carbocycles. The van der Waals surface area contributed by atoms with Gasteiger partial charge in [0.05, 0.1) is 18.6 Å². The Morgan fingerprint density at radius 3 is 2.76 bits per heavy atom. The lowest BCUT2D eigenvalue weighted by atomic mass is 10.1. The highest BCUT2D eigenvalue weighted by molar-refractivity contribution is 7.99. The van der Waals surface area contributed by atoms with Crippen molar-refractivity contribution in [2.24, 2.45) is 0 Å². The topological polar surface area (TPSA) is 69.0 Å². The molecule has 0 fully saturated rings. The number of anilines is 1. The maximum Gasteiger partial charge on any atom is 0.234 e. The average Bonchev–Trinajstić information content (AvgIpc) is 3.29. The van der Waals surface area contributed by atoms with Crippen LogP contribution in [0.4, 0.5) is 5.69 Å². The zero-order chi connectivity index (χ0) is 21.0. The summed E-state index contributed by atoms with van der Waals surface area (Å²) in [5.41, 5.74) is 3.12. The molecular formula is C21H26N4O2S2. The number of hydrogen-bond donors (Lipinski definition) is 1. The predicted octanol–water partition coefficient (Wildman–Crippen LogP) is 5.20. The molecule has 3 aromatic rings. The number of aryl methyl sites for hydroxylation is 1. The van der Waals surface area contributed by atoms with Crippen LogP contribution in [0, 0.1) is 6.92 Å². The summed E-state index contributed by atoms with van der Waals surface area (Å²) in [6.07, 6.45) is 0.958. The number of nitrogens with zero attached hydrogens (tertiary/aromatic N) is 3. The molecule has 0 radical (unpaired) electrons. The third-order valence-electron chi connectivity index (χ3n) is 4.59. The first kappa shape index (κ1) is 21.4. The van der Waals surface area contributed by atoms with Gasteiger partial charge < -0.3 is 10.1 Å². The Balaban J connectivity index is 1.78. The summed E-state index contributed by atoms with van der Waals surface area (Å²) in [5.74, 6) is 1.64. The van der Waals surface area contributed by atoms with Gasteiger partial charge >= 0.3 is 0 Å². The van der Waals surface area contributed by atoms with Crippen LogP contribution < -0.4 is 10.1 Å². The molecule has 154 valence electrons. The Kier molecular flexibility index (Phi) is 6.97. The SMILES string of the molecule is CCc1c(-c2nnc(SCC(=O)Nc3ccccc3OC)n2C(C)C)csc1C. The van der Waals surface area contributed by atoms with Crippen LogP contribution in [0.15, 0.2) is 34.8 Å². The van der Waals surface area contributed by atoms with Gasteiger partial charge in [0.1, 0.15) is 5.75 Å². The maximum absolute atomic E-state index is 12.5. The second kappa shape index (κ2) is 9.45. The number of ether oxygens (including phenoxy) is 1. The third kappa shape index (κ3) is 4.64. The van der Waals surface area contributed by atoms with Gasteiger partial charge in [-0.3, -0.25) is 9.36 Å². The number of hydrogen-bond acceptors (Lipinski definition) is 6. The van der Waals surface area contributed by atoms with E-state index in [4.69, 9.17) is 4.74 Å². The van der Waals surface area contributed by atoms with E-state index in [9.17, 15) is 4.79 Å². The lowest BCUT2D eigenvalue weighted by Crippen LogP contribution is -2.15. The first-order valence-electron chi connectivity index (χ1n) is 9.54. The highest BCUT2D eigenvalue weighted by atomic mass is 32.2. The fraction of sp³-hybridized carbons (Fsp3) is 0.381. The van der Waals surface area contributed by atoms with Crippen LogP contribution in [-0.4, -0.2) is 33.5 Å². The number of aromatic nitrogens is 3. The van der Waals surface area contributed by atoms with E-state index in [2.05, 4.69) is 53.2 Å². The number of methoxy groups -OCH3 is 1. The Bertz CT molecular complexity index is 994. The van der Waals surface area contributed by atoms with Crippen molar-refractivity contribution in [3.05, 3.63) is 40.1 Å². The fourth-order valence-electron chi connectivity index (χ4n) is 3.20. The van der Waals surface area contributed by atoms with Gasteiger partial charge in [-0.15, -0.1) is 21.5 Å². The molecule has 29 heavy (non-hydrogen) atoms. The van der Waals surface area contributed by atoms with Crippen molar-refractivity contribution < 1.29 is 9.53 Å². The van der Waals surface area contributed by atoms with Gasteiger partial charge in [-0.1, -0.05) is 30.8 Å². The minimum atomic E-state index is -0.111. The number of nitrogens with one attached hydrogen (secondary N) is 1. The van der Waals surface area contributed by atoms with E-state index in [0.29, 0.717) is 11.4 Å². The van der Waals surface area contributed by atoms with Crippen molar-refractivity contribution in [2.75, 3.05) is 18.2 Å². The summed E-state index contributed by atoms with van der Waals surface area (Å²) in [5, 5.41) is 14.7. The molecule has 0 saturated heterocycles. The van der Waals surface area contributed by atoms with Crippen LogP contribution >= 0.6 is 23.1 Å². The van der Waals surface area contributed by atoms with E-state index in [1.807, 2.05) is 24.3 Å². The Morgan fingerprint density at radius 1 is 1.31 bits per heavy atom. The monoisotopic (exact) mass is 430 g/mol. The molecule has 0 aliphatic heterocycles. The number of thiophene rings is 1. The van der Waals surface area contributed by atoms with Crippen molar-refractivity contribution in [3.8, 4) is 17.1 Å². The lowest BCUT2D eigenvalue weighted by molar-refractivity contribution is -0.113. The minimum absolute atomic E-state index is 0.111. The van der Waals surface area contributed by atoms with Gasteiger partial charge in [0.2, 0.25) is 5.91 Å². The smallest absolute Gasteiger partial charge is 0.234 e. The van der Waals surface area contributed by atoms with E-state index in [1.54, 1.807) is 18.4 Å². The second-order valence-electron chi connectivity index (χ2n) is 6.84. The highest BCUT2D eigenvalue weighted by Crippen LogP contribution is 2.34. The average molecular weight is 431 g/mol. The third-order valence-corrected chi connectivity index (χ3v) is 6.49. The summed E-state index contributed by atoms with van der Waals surface area (Å²) < 4.78 is 7.40. The fourth-order valence-corrected chi connectivity index (χ4v) is 5.00. The van der Waals surface area contributed by atoms with Gasteiger partial charge in [-0.2, -0.15) is 0 Å². The van der Waals surface area contributed by atoms with Gasteiger partial charge in [0, 0.05) is 21.9 Å². The number of para-hydroxylation sites is 2. The van der Waals surface area contributed by atoms with E-state index < -0.39 is 0 Å². The van der Waals surface area contributed by atoms with Gasteiger partial charge in [-0.25, -0.2) is 0 Å². The Morgan fingerprint density at radius 2 is 2.07 bits per heavy atom. The number of rotatable bonds is 8. The number of carbonyl (C=O) groups excluding carboxylic acids is 1. The molecule has 1 amide bonds. The molecule has 0 unspecified atom stereocenters. The summed E-state index contributed by atoms with van der Waals surface area (Å²) in [7, 11) is 1.59. The largest absolute Gasteiger partial charge is 0.495 e. The molecule has 1 aromatic carbocycles. The molecule has 6 nitrogen and oxygen atoms in total. The van der Waals surface area contributed by atoms with Gasteiger partial charge in [-0.05, 0) is 44.9 Å². The first-order valence-corrected chi connectivity index (χ1v) is 11.4. The van der Waals surface area contributed by atoms with Crippen LogP contribution in [0.2, 0.25) is 0 Å². The second-order valence-corrected chi connectivity index (χ2v) is 8.87. The molecule has 0 saturated carbocycles. The van der Waals surface area contributed by atoms with Crippen LogP contribution in [0.1, 0.15) is 37.3 Å². The standard InChI is InChI=1S/C21H26N4O2S2/c1-6-15-14(4)28-11-16(15)20-23-24-21(25(20)13(2)3)29-12-19(26)22-17-9-7-8-10-18(17)27-5/h7-11,13H,6,12H2,1-5H3,(H,22,26). The number of thioether (sulfide) groups is 1. The van der Waals surface area contributed by atoms with Crippen molar-refractivity contribution in [2.45, 2.75) is 45.3 Å². The van der Waals surface area contributed by atoms with E-state index >= 15 is 0 Å². The number of amides is 1. The molecule has 2 aromatic heterocycles. The molecule has 0 atom stereocenters. The summed E-state index contributed by atoms with van der Waals surface area (Å²) in [6.45, 7) is 8.51. The quantitative estimate of drug-likeness (QED) is 0.498. The van der Waals surface area contributed by atoms with Crippen LogP contribution in [0.3, 0.4) is 0 Å². The Labute approximate surface area is 179 Å². The molecule has 0 bridgehead atoms. The van der Waals surface area contributed by atoms with Gasteiger partial charge in [0.15, 0.2) is 11.0 Å². The summed E-state index contributed by atoms with van der Waals surface area (Å²) in [6, 6.07) is 7.55. The highest BCUT2D eigenvalue weighted by Gasteiger charge is 2.21. The molecule has 3 rings (SSSR count).